The van der Waals surface area contributed by atoms with Crippen molar-refractivity contribution in [2.45, 2.75) is 20.3 Å². The average Bonchev–Trinajstić information content (AvgIpc) is 2.82. The number of amides is 1. The number of anilines is 2. The summed E-state index contributed by atoms with van der Waals surface area (Å²) in [6.07, 6.45) is 2.71. The van der Waals surface area contributed by atoms with Gasteiger partial charge in [-0.05, 0) is 31.5 Å². The highest BCUT2D eigenvalue weighted by molar-refractivity contribution is 7.15. The second-order valence-corrected chi connectivity index (χ2v) is 6.02. The lowest BCUT2D eigenvalue weighted by molar-refractivity contribution is 0.102. The highest BCUT2D eigenvalue weighted by Crippen LogP contribution is 2.23. The van der Waals surface area contributed by atoms with Crippen LogP contribution in [0.5, 0.6) is 0 Å². The minimum atomic E-state index is -0.208. The first-order chi connectivity index (χ1) is 9.60. The molecule has 0 saturated heterocycles. The quantitative estimate of drug-likeness (QED) is 0.871. The van der Waals surface area contributed by atoms with Crippen molar-refractivity contribution >= 4 is 39.7 Å². The molecule has 0 saturated carbocycles. The van der Waals surface area contributed by atoms with Crippen LogP contribution in [0.25, 0.3) is 0 Å². The van der Waals surface area contributed by atoms with Crippen molar-refractivity contribution in [1.29, 1.82) is 0 Å². The summed E-state index contributed by atoms with van der Waals surface area (Å²) in [7, 11) is 0. The molecular formula is C14H16ClN3OS. The van der Waals surface area contributed by atoms with E-state index in [1.54, 1.807) is 18.3 Å². The first-order valence-corrected chi connectivity index (χ1v) is 7.56. The molecule has 0 aliphatic heterocycles. The van der Waals surface area contributed by atoms with Gasteiger partial charge in [0.2, 0.25) is 0 Å². The third-order valence-corrected chi connectivity index (χ3v) is 3.70. The molecule has 0 radical (unpaired) electrons. The number of hydrogen-bond donors (Lipinski definition) is 2. The molecule has 0 spiro atoms. The fourth-order valence-corrected chi connectivity index (χ4v) is 2.53. The molecule has 0 unspecified atom stereocenters. The highest BCUT2D eigenvalue weighted by atomic mass is 35.5. The van der Waals surface area contributed by atoms with Crippen molar-refractivity contribution < 1.29 is 4.79 Å². The maximum absolute atomic E-state index is 12.3. The number of benzene rings is 1. The number of hydrogen-bond acceptors (Lipinski definition) is 4. The van der Waals surface area contributed by atoms with E-state index < -0.39 is 0 Å². The summed E-state index contributed by atoms with van der Waals surface area (Å²) < 4.78 is 0. The first-order valence-electron chi connectivity index (χ1n) is 6.37. The highest BCUT2D eigenvalue weighted by Gasteiger charge is 2.13. The van der Waals surface area contributed by atoms with Gasteiger partial charge in [-0.15, -0.1) is 11.3 Å². The molecule has 0 aliphatic rings. The van der Waals surface area contributed by atoms with Gasteiger partial charge in [0.15, 0.2) is 5.13 Å². The van der Waals surface area contributed by atoms with Crippen LogP contribution in [0.3, 0.4) is 0 Å². The van der Waals surface area contributed by atoms with Gasteiger partial charge in [-0.2, -0.15) is 0 Å². The predicted octanol–water partition coefficient (Wildman–Crippen LogP) is 4.18. The normalized spacial score (nSPS) is 10.3. The number of carbonyl (C=O) groups is 1. The Morgan fingerprint density at radius 1 is 1.45 bits per heavy atom. The summed E-state index contributed by atoms with van der Waals surface area (Å²) in [5, 5.41) is 7.14. The zero-order valence-electron chi connectivity index (χ0n) is 11.4. The monoisotopic (exact) mass is 309 g/mol. The maximum Gasteiger partial charge on any atom is 0.259 e. The summed E-state index contributed by atoms with van der Waals surface area (Å²) in [5.74, 6) is -0.208. The van der Waals surface area contributed by atoms with Crippen molar-refractivity contribution in [3.8, 4) is 0 Å². The van der Waals surface area contributed by atoms with E-state index >= 15 is 0 Å². The molecule has 6 heteroatoms. The van der Waals surface area contributed by atoms with Crippen LogP contribution >= 0.6 is 22.9 Å². The van der Waals surface area contributed by atoms with Crippen LogP contribution in [-0.4, -0.2) is 17.4 Å². The van der Waals surface area contributed by atoms with Crippen LogP contribution in [0.4, 0.5) is 10.8 Å². The van der Waals surface area contributed by atoms with Gasteiger partial charge in [-0.3, -0.25) is 10.1 Å². The lowest BCUT2D eigenvalue weighted by atomic mass is 10.1. The molecule has 0 aliphatic carbocycles. The van der Waals surface area contributed by atoms with Gasteiger partial charge in [-0.1, -0.05) is 18.5 Å². The minimum Gasteiger partial charge on any atom is -0.384 e. The van der Waals surface area contributed by atoms with Crippen LogP contribution in [0.1, 0.15) is 28.6 Å². The van der Waals surface area contributed by atoms with Gasteiger partial charge in [0, 0.05) is 28.3 Å². The number of rotatable bonds is 5. The standard InChI is InChI=1S/C14H16ClN3OS/c1-3-6-16-12-5-4-10(15)7-11(12)13(19)18-14-17-8-9(2)20-14/h4-5,7-8,16H,3,6H2,1-2H3,(H,17,18,19). The minimum absolute atomic E-state index is 0.208. The largest absolute Gasteiger partial charge is 0.384 e. The van der Waals surface area contributed by atoms with E-state index in [1.165, 1.54) is 11.3 Å². The number of aromatic nitrogens is 1. The number of nitrogens with zero attached hydrogens (tertiary/aromatic N) is 1. The zero-order chi connectivity index (χ0) is 14.5. The van der Waals surface area contributed by atoms with E-state index in [-0.39, 0.29) is 5.91 Å². The molecule has 4 nitrogen and oxygen atoms in total. The number of aryl methyl sites for hydroxylation is 1. The predicted molar refractivity (Wildman–Crippen MR) is 85.0 cm³/mol. The Morgan fingerprint density at radius 2 is 2.25 bits per heavy atom. The van der Waals surface area contributed by atoms with E-state index in [2.05, 4.69) is 22.5 Å². The summed E-state index contributed by atoms with van der Waals surface area (Å²) in [5.41, 5.74) is 1.31. The Bertz CT molecular complexity index is 612. The lowest BCUT2D eigenvalue weighted by Crippen LogP contribution is -2.15. The van der Waals surface area contributed by atoms with E-state index in [9.17, 15) is 4.79 Å². The zero-order valence-corrected chi connectivity index (χ0v) is 12.9. The second-order valence-electron chi connectivity index (χ2n) is 4.35. The molecule has 20 heavy (non-hydrogen) atoms. The van der Waals surface area contributed by atoms with Crippen LogP contribution in [0.15, 0.2) is 24.4 Å². The molecule has 1 aromatic heterocycles. The Balaban J connectivity index is 2.21. The molecule has 106 valence electrons. The maximum atomic E-state index is 12.3. The Labute approximate surface area is 127 Å². The van der Waals surface area contributed by atoms with Crippen molar-refractivity contribution in [2.24, 2.45) is 0 Å². The Kier molecular flexibility index (Phi) is 4.98. The van der Waals surface area contributed by atoms with Crippen LogP contribution in [0, 0.1) is 6.92 Å². The number of carbonyl (C=O) groups excluding carboxylic acids is 1. The number of thiazole rings is 1. The van der Waals surface area contributed by atoms with E-state index in [1.807, 2.05) is 13.0 Å². The molecule has 1 aromatic carbocycles. The molecule has 2 aromatic rings. The van der Waals surface area contributed by atoms with E-state index in [0.29, 0.717) is 15.7 Å². The van der Waals surface area contributed by atoms with Gasteiger partial charge < -0.3 is 5.32 Å². The second kappa shape index (κ2) is 6.72. The molecule has 2 N–H and O–H groups in total. The number of halogens is 1. The topological polar surface area (TPSA) is 54.0 Å². The summed E-state index contributed by atoms with van der Waals surface area (Å²) >= 11 is 7.42. The molecule has 2 rings (SSSR count). The molecule has 0 bridgehead atoms. The summed E-state index contributed by atoms with van der Waals surface area (Å²) in [6, 6.07) is 5.25. The fourth-order valence-electron chi connectivity index (χ4n) is 1.70. The average molecular weight is 310 g/mol. The molecule has 0 atom stereocenters. The summed E-state index contributed by atoms with van der Waals surface area (Å²) in [4.78, 5) is 17.5. The third kappa shape index (κ3) is 3.71. The van der Waals surface area contributed by atoms with Crippen LogP contribution in [0.2, 0.25) is 5.02 Å². The Morgan fingerprint density at radius 3 is 2.90 bits per heavy atom. The van der Waals surface area contributed by atoms with Crippen molar-refractivity contribution in [3.63, 3.8) is 0 Å². The molecule has 0 fully saturated rings. The van der Waals surface area contributed by atoms with Crippen molar-refractivity contribution in [2.75, 3.05) is 17.2 Å². The third-order valence-electron chi connectivity index (χ3n) is 2.63. The van der Waals surface area contributed by atoms with Gasteiger partial charge >= 0.3 is 0 Å². The number of nitrogens with one attached hydrogen (secondary N) is 2. The molecule has 1 amide bonds. The van der Waals surface area contributed by atoms with Gasteiger partial charge in [-0.25, -0.2) is 4.98 Å². The van der Waals surface area contributed by atoms with Crippen molar-refractivity contribution in [3.05, 3.63) is 39.9 Å². The molecule has 1 heterocycles. The lowest BCUT2D eigenvalue weighted by Gasteiger charge is -2.11. The fraction of sp³-hybridized carbons (Fsp3) is 0.286. The van der Waals surface area contributed by atoms with E-state index in [4.69, 9.17) is 11.6 Å². The molecular weight excluding hydrogens is 294 g/mol. The first kappa shape index (κ1) is 14.8. The van der Waals surface area contributed by atoms with Crippen molar-refractivity contribution in [1.82, 2.24) is 4.98 Å². The van der Waals surface area contributed by atoms with Gasteiger partial charge in [0.1, 0.15) is 0 Å². The van der Waals surface area contributed by atoms with Gasteiger partial charge in [0.25, 0.3) is 5.91 Å². The van der Waals surface area contributed by atoms with Gasteiger partial charge in [0.05, 0.1) is 5.56 Å². The summed E-state index contributed by atoms with van der Waals surface area (Å²) in [6.45, 7) is 4.82. The smallest absolute Gasteiger partial charge is 0.259 e. The van der Waals surface area contributed by atoms with E-state index in [0.717, 1.165) is 23.5 Å². The van der Waals surface area contributed by atoms with Crippen LogP contribution < -0.4 is 10.6 Å². The Hall–Kier alpha value is -1.59. The van der Waals surface area contributed by atoms with Crippen LogP contribution in [-0.2, 0) is 0 Å². The SMILES string of the molecule is CCCNc1ccc(Cl)cc1C(=O)Nc1ncc(C)s1.